The van der Waals surface area contributed by atoms with Gasteiger partial charge >= 0.3 is 11.9 Å². The van der Waals surface area contributed by atoms with Gasteiger partial charge in [-0.2, -0.15) is 0 Å². The Bertz CT molecular complexity index is 744. The molecule has 0 saturated carbocycles. The van der Waals surface area contributed by atoms with Crippen molar-refractivity contribution in [2.75, 3.05) is 0 Å². The molecule has 5 heteroatoms. The summed E-state index contributed by atoms with van der Waals surface area (Å²) in [7, 11) is 0. The molecule has 2 aromatic rings. The second-order valence-corrected chi connectivity index (χ2v) is 5.69. The van der Waals surface area contributed by atoms with Gasteiger partial charge in [-0.05, 0) is 16.7 Å². The topological polar surface area (TPSA) is 89.6 Å². The summed E-state index contributed by atoms with van der Waals surface area (Å²) in [6.07, 6.45) is 0.0489. The molecule has 5 nitrogen and oxygen atoms in total. The average molecular weight is 311 g/mol. The van der Waals surface area contributed by atoms with Crippen LogP contribution < -0.4 is 5.73 Å². The third-order valence-electron chi connectivity index (χ3n) is 4.35. The van der Waals surface area contributed by atoms with Crippen LogP contribution >= 0.6 is 0 Å². The second kappa shape index (κ2) is 5.85. The smallest absolute Gasteiger partial charge is 0.326 e. The number of benzene rings is 2. The fourth-order valence-corrected chi connectivity index (χ4v) is 3.02. The minimum Gasteiger partial charge on any atom is -0.480 e. The van der Waals surface area contributed by atoms with Crippen LogP contribution in [0.2, 0.25) is 0 Å². The third-order valence-corrected chi connectivity index (χ3v) is 4.35. The van der Waals surface area contributed by atoms with Crippen molar-refractivity contribution in [1.29, 1.82) is 0 Å². The van der Waals surface area contributed by atoms with Crippen LogP contribution in [0.5, 0.6) is 0 Å². The van der Waals surface area contributed by atoms with Gasteiger partial charge in [-0.25, -0.2) is 0 Å². The molecule has 2 aromatic carbocycles. The number of esters is 1. The summed E-state index contributed by atoms with van der Waals surface area (Å²) in [5, 5.41) is 9.69. The van der Waals surface area contributed by atoms with Crippen molar-refractivity contribution in [1.82, 2.24) is 0 Å². The maximum absolute atomic E-state index is 12.6. The van der Waals surface area contributed by atoms with Crippen molar-refractivity contribution >= 4 is 11.9 Å². The molecule has 0 amide bonds. The Balaban J connectivity index is 1.85. The zero-order valence-corrected chi connectivity index (χ0v) is 12.4. The summed E-state index contributed by atoms with van der Waals surface area (Å²) in [6.45, 7) is 0.0256. The molecule has 0 unspecified atom stereocenters. The highest BCUT2D eigenvalue weighted by Crippen LogP contribution is 2.45. The van der Waals surface area contributed by atoms with E-state index in [1.54, 1.807) is 24.3 Å². The molecule has 0 spiro atoms. The molecule has 1 aliphatic carbocycles. The van der Waals surface area contributed by atoms with Crippen LogP contribution in [0.4, 0.5) is 0 Å². The maximum atomic E-state index is 12.6. The van der Waals surface area contributed by atoms with Gasteiger partial charge in [0.25, 0.3) is 0 Å². The average Bonchev–Trinajstić information content (AvgIpc) is 2.88. The van der Waals surface area contributed by atoms with Gasteiger partial charge < -0.3 is 15.6 Å². The Morgan fingerprint density at radius 2 is 1.78 bits per heavy atom. The molecular weight excluding hydrogens is 294 g/mol. The third kappa shape index (κ3) is 2.49. The Morgan fingerprint density at radius 3 is 2.43 bits per heavy atom. The zero-order chi connectivity index (χ0) is 16.4. The Hall–Kier alpha value is -2.66. The lowest BCUT2D eigenvalue weighted by Crippen LogP contribution is -2.47. The van der Waals surface area contributed by atoms with E-state index in [2.05, 4.69) is 0 Å². The van der Waals surface area contributed by atoms with Crippen LogP contribution in [-0.2, 0) is 27.4 Å². The number of hydrogen-bond donors (Lipinski definition) is 2. The first-order chi connectivity index (χ1) is 11.1. The van der Waals surface area contributed by atoms with Gasteiger partial charge in [-0.1, -0.05) is 54.6 Å². The molecule has 1 aliphatic rings. The molecule has 3 N–H and O–H groups in total. The largest absolute Gasteiger partial charge is 0.480 e. The fraction of sp³-hybridized carbons (Fsp3) is 0.222. The van der Waals surface area contributed by atoms with Crippen molar-refractivity contribution in [3.8, 4) is 0 Å². The van der Waals surface area contributed by atoms with Gasteiger partial charge in [0.15, 0.2) is 5.41 Å². The van der Waals surface area contributed by atoms with Crippen LogP contribution in [-0.4, -0.2) is 17.0 Å². The lowest BCUT2D eigenvalue weighted by atomic mass is 9.81. The Labute approximate surface area is 133 Å². The Kier molecular flexibility index (Phi) is 3.88. The molecule has 118 valence electrons. The first kappa shape index (κ1) is 15.2. The zero-order valence-electron chi connectivity index (χ0n) is 12.4. The number of carbonyl (C=O) groups excluding carboxylic acids is 1. The molecule has 0 aliphatic heterocycles. The molecule has 0 saturated heterocycles. The van der Waals surface area contributed by atoms with Gasteiger partial charge in [0, 0.05) is 6.42 Å². The summed E-state index contributed by atoms with van der Waals surface area (Å²) >= 11 is 0. The minimum atomic E-state index is -1.77. The summed E-state index contributed by atoms with van der Waals surface area (Å²) in [4.78, 5) is 24.5. The van der Waals surface area contributed by atoms with E-state index in [1.165, 1.54) is 0 Å². The molecule has 3 rings (SSSR count). The highest BCUT2D eigenvalue weighted by Gasteiger charge is 2.57. The fourth-order valence-electron chi connectivity index (χ4n) is 3.02. The van der Waals surface area contributed by atoms with E-state index in [1.807, 2.05) is 30.3 Å². The summed E-state index contributed by atoms with van der Waals surface area (Å²) < 4.78 is 5.28. The van der Waals surface area contributed by atoms with Gasteiger partial charge in [-0.3, -0.25) is 9.59 Å². The number of carboxylic acid groups (broad SMARTS) is 1. The molecule has 2 atom stereocenters. The molecule has 0 aromatic heterocycles. The highest BCUT2D eigenvalue weighted by molar-refractivity contribution is 6.01. The summed E-state index contributed by atoms with van der Waals surface area (Å²) in [6, 6.07) is 15.4. The first-order valence-corrected chi connectivity index (χ1v) is 7.33. The van der Waals surface area contributed by atoms with Crippen molar-refractivity contribution < 1.29 is 19.4 Å². The molecular formula is C18H17NO4. The molecule has 23 heavy (non-hydrogen) atoms. The van der Waals surface area contributed by atoms with E-state index in [0.717, 1.165) is 11.1 Å². The lowest BCUT2D eigenvalue weighted by molar-refractivity contribution is -0.171. The number of hydrogen-bond acceptors (Lipinski definition) is 4. The van der Waals surface area contributed by atoms with E-state index in [0.29, 0.717) is 5.56 Å². The number of fused-ring (bicyclic) bond motifs is 1. The van der Waals surface area contributed by atoms with Crippen LogP contribution in [0.25, 0.3) is 0 Å². The van der Waals surface area contributed by atoms with Crippen LogP contribution in [0.3, 0.4) is 0 Å². The van der Waals surface area contributed by atoms with Gasteiger partial charge in [0.2, 0.25) is 0 Å². The van der Waals surface area contributed by atoms with Crippen molar-refractivity contribution in [2.24, 2.45) is 11.1 Å². The summed E-state index contributed by atoms with van der Waals surface area (Å²) in [5.74, 6) is -2.04. The van der Waals surface area contributed by atoms with E-state index >= 15 is 0 Å². The van der Waals surface area contributed by atoms with Crippen LogP contribution in [0.15, 0.2) is 54.6 Å². The number of rotatable bonds is 4. The van der Waals surface area contributed by atoms with E-state index in [4.69, 9.17) is 10.5 Å². The van der Waals surface area contributed by atoms with Crippen molar-refractivity contribution in [2.45, 2.75) is 19.1 Å². The predicted octanol–water partition coefficient (Wildman–Crippen LogP) is 2.06. The van der Waals surface area contributed by atoms with Gasteiger partial charge in [0.1, 0.15) is 6.61 Å². The molecule has 0 bridgehead atoms. The lowest BCUT2D eigenvalue weighted by Gasteiger charge is -2.26. The van der Waals surface area contributed by atoms with Crippen LogP contribution in [0, 0.1) is 5.41 Å². The van der Waals surface area contributed by atoms with Crippen molar-refractivity contribution in [3.63, 3.8) is 0 Å². The number of nitrogens with two attached hydrogens (primary N) is 1. The molecule has 0 fully saturated rings. The summed E-state index contributed by atoms with van der Waals surface area (Å²) in [5.41, 5.74) is 6.61. The molecule has 0 radical (unpaired) electrons. The number of carboxylic acids is 1. The van der Waals surface area contributed by atoms with Crippen molar-refractivity contribution in [3.05, 3.63) is 71.3 Å². The number of aliphatic carboxylic acids is 1. The molecule has 0 heterocycles. The number of carbonyl (C=O) groups is 2. The highest BCUT2D eigenvalue weighted by atomic mass is 16.5. The van der Waals surface area contributed by atoms with E-state index < -0.39 is 23.4 Å². The second-order valence-electron chi connectivity index (χ2n) is 5.69. The van der Waals surface area contributed by atoms with Gasteiger partial charge in [-0.15, -0.1) is 0 Å². The standard InChI is InChI=1S/C18H17NO4/c19-15-14-9-5-4-8-13(14)10-18(15,16(20)21)17(22)23-11-12-6-2-1-3-7-12/h1-9,15H,10-11,19H2,(H,20,21)/t15-,18-/m1/s1. The normalized spacial score (nSPS) is 22.4. The SMILES string of the molecule is N[C@@H]1c2ccccc2C[C@@]1(C(=O)O)C(=O)OCc1ccccc1. The predicted molar refractivity (Wildman–Crippen MR) is 83.4 cm³/mol. The minimum absolute atomic E-state index is 0.0256. The Morgan fingerprint density at radius 1 is 1.13 bits per heavy atom. The van der Waals surface area contributed by atoms with E-state index in [-0.39, 0.29) is 13.0 Å². The van der Waals surface area contributed by atoms with Gasteiger partial charge in [0.05, 0.1) is 6.04 Å². The maximum Gasteiger partial charge on any atom is 0.326 e. The first-order valence-electron chi connectivity index (χ1n) is 7.33. The van der Waals surface area contributed by atoms with Crippen LogP contribution in [0.1, 0.15) is 22.7 Å². The quantitative estimate of drug-likeness (QED) is 0.666. The number of ether oxygens (including phenoxy) is 1. The van der Waals surface area contributed by atoms with E-state index in [9.17, 15) is 14.7 Å². The monoisotopic (exact) mass is 311 g/mol.